The summed E-state index contributed by atoms with van der Waals surface area (Å²) in [4.78, 5) is -0.168. The van der Waals surface area contributed by atoms with Crippen LogP contribution in [-0.4, -0.2) is 25.7 Å². The zero-order valence-corrected chi connectivity index (χ0v) is 12.7. The molecule has 0 saturated heterocycles. The summed E-state index contributed by atoms with van der Waals surface area (Å²) in [5.41, 5.74) is 1.05. The van der Waals surface area contributed by atoms with E-state index in [1.165, 1.54) is 12.3 Å². The Balaban J connectivity index is 2.27. The smallest absolute Gasteiger partial charge is 0.240 e. The second-order valence-corrected chi connectivity index (χ2v) is 6.48. The van der Waals surface area contributed by atoms with Crippen LogP contribution in [0.4, 0.5) is 4.39 Å². The summed E-state index contributed by atoms with van der Waals surface area (Å²) in [5.74, 6) is -0.770. The average Bonchev–Trinajstić information content (AvgIpc) is 2.95. The van der Waals surface area contributed by atoms with Crippen molar-refractivity contribution in [2.45, 2.75) is 18.0 Å². The number of rotatable bonds is 6. The predicted molar refractivity (Wildman–Crippen MR) is 76.8 cm³/mol. The van der Waals surface area contributed by atoms with E-state index >= 15 is 0 Å². The summed E-state index contributed by atoms with van der Waals surface area (Å²) in [5, 5.41) is 9.01. The Morgan fingerprint density at radius 1 is 1.38 bits per heavy atom. The van der Waals surface area contributed by atoms with Crippen molar-refractivity contribution in [3.8, 4) is 0 Å². The Labute approximate surface area is 126 Å². The molecule has 0 atom stereocenters. The zero-order valence-electron chi connectivity index (χ0n) is 11.2. The van der Waals surface area contributed by atoms with Crippen LogP contribution < -0.4 is 10.0 Å². The van der Waals surface area contributed by atoms with Crippen LogP contribution in [0.2, 0.25) is 5.02 Å². The minimum atomic E-state index is -3.83. The first-order chi connectivity index (χ1) is 9.94. The number of aromatic amines is 1. The molecule has 0 radical (unpaired) electrons. The molecule has 0 aliphatic rings. The van der Waals surface area contributed by atoms with Gasteiger partial charge in [0.15, 0.2) is 0 Å². The maximum absolute atomic E-state index is 13.7. The van der Waals surface area contributed by atoms with E-state index in [-0.39, 0.29) is 23.0 Å². The van der Waals surface area contributed by atoms with Gasteiger partial charge in [-0.2, -0.15) is 5.10 Å². The molecule has 0 bridgehead atoms. The molecule has 6 nitrogen and oxygen atoms in total. The fourth-order valence-corrected chi connectivity index (χ4v) is 2.98. The molecule has 1 aromatic carbocycles. The topological polar surface area (TPSA) is 86.9 Å². The van der Waals surface area contributed by atoms with Crippen LogP contribution in [0.5, 0.6) is 0 Å². The Morgan fingerprint density at radius 3 is 2.76 bits per heavy atom. The first kappa shape index (κ1) is 15.9. The van der Waals surface area contributed by atoms with Crippen molar-refractivity contribution in [1.82, 2.24) is 20.2 Å². The van der Waals surface area contributed by atoms with E-state index in [2.05, 4.69) is 20.2 Å². The molecule has 1 aromatic heterocycles. The maximum Gasteiger partial charge on any atom is 0.240 e. The summed E-state index contributed by atoms with van der Waals surface area (Å²) in [6, 6.07) is 2.25. The molecule has 1 heterocycles. The predicted octanol–water partition coefficient (Wildman–Crippen LogP) is 1.40. The highest BCUT2D eigenvalue weighted by Gasteiger charge is 2.18. The van der Waals surface area contributed by atoms with E-state index in [1.54, 1.807) is 13.2 Å². The maximum atomic E-state index is 13.7. The molecular formula is C12H14ClFN4O2S. The van der Waals surface area contributed by atoms with E-state index < -0.39 is 15.8 Å². The third-order valence-corrected chi connectivity index (χ3v) is 4.58. The van der Waals surface area contributed by atoms with Gasteiger partial charge in [-0.15, -0.1) is 0 Å². The summed E-state index contributed by atoms with van der Waals surface area (Å²) in [6.07, 6.45) is 3.06. The van der Waals surface area contributed by atoms with Crippen molar-refractivity contribution in [3.05, 3.63) is 46.5 Å². The summed E-state index contributed by atoms with van der Waals surface area (Å²) < 4.78 is 40.5. The van der Waals surface area contributed by atoms with Crippen LogP contribution >= 0.6 is 11.6 Å². The number of hydrogen-bond donors (Lipinski definition) is 3. The van der Waals surface area contributed by atoms with Crippen LogP contribution in [0, 0.1) is 5.82 Å². The SMILES string of the molecule is CNCc1cc(S(=O)(=O)NCc2cn[nH]c2)cc(F)c1Cl. The van der Waals surface area contributed by atoms with Crippen LogP contribution in [0.1, 0.15) is 11.1 Å². The van der Waals surface area contributed by atoms with Crippen molar-refractivity contribution in [1.29, 1.82) is 0 Å². The molecule has 0 saturated carbocycles. The lowest BCUT2D eigenvalue weighted by molar-refractivity contribution is 0.576. The molecule has 0 amide bonds. The molecule has 0 aliphatic heterocycles. The molecule has 0 unspecified atom stereocenters. The van der Waals surface area contributed by atoms with E-state index in [0.29, 0.717) is 11.1 Å². The largest absolute Gasteiger partial charge is 0.316 e. The lowest BCUT2D eigenvalue weighted by atomic mass is 10.2. The standard InChI is InChI=1S/C12H14ClFN4O2S/c1-15-7-9-2-10(3-11(14)12(9)13)21(19,20)18-6-8-4-16-17-5-8/h2-5,15,18H,6-7H2,1H3,(H,16,17). The van der Waals surface area contributed by atoms with Gasteiger partial charge in [0, 0.05) is 24.8 Å². The molecule has 21 heavy (non-hydrogen) atoms. The highest BCUT2D eigenvalue weighted by Crippen LogP contribution is 2.24. The normalized spacial score (nSPS) is 11.8. The third-order valence-electron chi connectivity index (χ3n) is 2.78. The lowest BCUT2D eigenvalue weighted by Gasteiger charge is -2.10. The lowest BCUT2D eigenvalue weighted by Crippen LogP contribution is -2.23. The van der Waals surface area contributed by atoms with Crippen molar-refractivity contribution in [2.24, 2.45) is 0 Å². The van der Waals surface area contributed by atoms with Crippen molar-refractivity contribution < 1.29 is 12.8 Å². The second-order valence-electron chi connectivity index (χ2n) is 4.34. The average molecular weight is 333 g/mol. The first-order valence-electron chi connectivity index (χ1n) is 6.04. The highest BCUT2D eigenvalue weighted by molar-refractivity contribution is 7.89. The monoisotopic (exact) mass is 332 g/mol. The molecule has 0 spiro atoms. The molecule has 2 aromatic rings. The van der Waals surface area contributed by atoms with E-state index in [0.717, 1.165) is 6.07 Å². The van der Waals surface area contributed by atoms with E-state index in [1.807, 2.05) is 0 Å². The Kier molecular flexibility index (Phi) is 4.94. The number of hydrogen-bond acceptors (Lipinski definition) is 4. The quantitative estimate of drug-likeness (QED) is 0.746. The molecule has 114 valence electrons. The summed E-state index contributed by atoms with van der Waals surface area (Å²) >= 11 is 5.81. The van der Waals surface area contributed by atoms with Gasteiger partial charge < -0.3 is 5.32 Å². The Hall–Kier alpha value is -1.48. The fourth-order valence-electron chi connectivity index (χ4n) is 1.73. The molecule has 0 aliphatic carbocycles. The van der Waals surface area contributed by atoms with Gasteiger partial charge in [0.2, 0.25) is 10.0 Å². The van der Waals surface area contributed by atoms with Crippen LogP contribution in [0.25, 0.3) is 0 Å². The van der Waals surface area contributed by atoms with Gasteiger partial charge in [0.25, 0.3) is 0 Å². The van der Waals surface area contributed by atoms with Gasteiger partial charge in [-0.05, 0) is 24.7 Å². The highest BCUT2D eigenvalue weighted by atomic mass is 35.5. The number of halogens is 2. The van der Waals surface area contributed by atoms with E-state index in [4.69, 9.17) is 11.6 Å². The van der Waals surface area contributed by atoms with Crippen molar-refractivity contribution in [2.75, 3.05) is 7.05 Å². The fraction of sp³-hybridized carbons (Fsp3) is 0.250. The first-order valence-corrected chi connectivity index (χ1v) is 7.90. The minimum Gasteiger partial charge on any atom is -0.316 e. The molecule has 2 rings (SSSR count). The van der Waals surface area contributed by atoms with Crippen molar-refractivity contribution >= 4 is 21.6 Å². The molecular weight excluding hydrogens is 319 g/mol. The Bertz CT molecular complexity index is 719. The number of nitrogens with one attached hydrogen (secondary N) is 3. The number of nitrogens with zero attached hydrogens (tertiary/aromatic N) is 1. The van der Waals surface area contributed by atoms with Gasteiger partial charge in [0.05, 0.1) is 16.1 Å². The van der Waals surface area contributed by atoms with Crippen LogP contribution in [0.3, 0.4) is 0 Å². The van der Waals surface area contributed by atoms with Gasteiger partial charge in [-0.3, -0.25) is 5.10 Å². The Morgan fingerprint density at radius 2 is 2.14 bits per heavy atom. The number of H-pyrrole nitrogens is 1. The van der Waals surface area contributed by atoms with Crippen LogP contribution in [-0.2, 0) is 23.1 Å². The summed E-state index contributed by atoms with van der Waals surface area (Å²) in [7, 11) is -2.18. The van der Waals surface area contributed by atoms with Gasteiger partial charge >= 0.3 is 0 Å². The molecule has 3 N–H and O–H groups in total. The van der Waals surface area contributed by atoms with Crippen molar-refractivity contribution in [3.63, 3.8) is 0 Å². The second kappa shape index (κ2) is 6.52. The number of benzene rings is 1. The third kappa shape index (κ3) is 3.79. The van der Waals surface area contributed by atoms with E-state index in [9.17, 15) is 12.8 Å². The van der Waals surface area contributed by atoms with Crippen LogP contribution in [0.15, 0.2) is 29.4 Å². The number of aromatic nitrogens is 2. The summed E-state index contributed by atoms with van der Waals surface area (Å²) in [6.45, 7) is 0.325. The van der Waals surface area contributed by atoms with Gasteiger partial charge in [-0.1, -0.05) is 11.6 Å². The van der Waals surface area contributed by atoms with Gasteiger partial charge in [-0.25, -0.2) is 17.5 Å². The zero-order chi connectivity index (χ0) is 15.5. The molecule has 0 fully saturated rings. The van der Waals surface area contributed by atoms with Gasteiger partial charge in [0.1, 0.15) is 5.82 Å². The molecule has 9 heteroatoms. The number of sulfonamides is 1. The minimum absolute atomic E-state index is 0.0600.